The van der Waals surface area contributed by atoms with Gasteiger partial charge in [0, 0.05) is 15.7 Å². The summed E-state index contributed by atoms with van der Waals surface area (Å²) in [6.07, 6.45) is 1.15. The van der Waals surface area contributed by atoms with Gasteiger partial charge in [0.05, 0.1) is 11.0 Å². The Morgan fingerprint density at radius 1 is 0.952 bits per heavy atom. The molecule has 0 atom stereocenters. The van der Waals surface area contributed by atoms with Gasteiger partial charge in [-0.1, -0.05) is 35.5 Å². The first-order chi connectivity index (χ1) is 10.3. The Morgan fingerprint density at radius 2 is 1.71 bits per heavy atom. The molecule has 2 nitrogen and oxygen atoms in total. The summed E-state index contributed by atoms with van der Waals surface area (Å²) < 4.78 is 0. The van der Waals surface area contributed by atoms with Gasteiger partial charge in [0.2, 0.25) is 0 Å². The van der Waals surface area contributed by atoms with Gasteiger partial charge in [0.25, 0.3) is 0 Å². The zero-order chi connectivity index (χ0) is 14.5. The SMILES string of the molecule is Clc1ccc(SCCCSc2nc3ccccc3[nH]2)cc1. The van der Waals surface area contributed by atoms with Gasteiger partial charge in [-0.05, 0) is 48.6 Å². The number of aromatic nitrogens is 2. The number of para-hydroxylation sites is 2. The molecule has 1 N–H and O–H groups in total. The van der Waals surface area contributed by atoms with E-state index in [4.69, 9.17) is 11.6 Å². The highest BCUT2D eigenvalue weighted by atomic mass is 35.5. The minimum absolute atomic E-state index is 0.791. The lowest BCUT2D eigenvalue weighted by Crippen LogP contribution is -1.85. The predicted molar refractivity (Wildman–Crippen MR) is 93.6 cm³/mol. The molecule has 1 aromatic heterocycles. The van der Waals surface area contributed by atoms with E-state index in [1.807, 2.05) is 42.1 Å². The van der Waals surface area contributed by atoms with Crippen molar-refractivity contribution in [3.8, 4) is 0 Å². The maximum absolute atomic E-state index is 5.87. The number of hydrogen-bond acceptors (Lipinski definition) is 3. The maximum atomic E-state index is 5.87. The largest absolute Gasteiger partial charge is 0.333 e. The third kappa shape index (κ3) is 4.19. The molecule has 0 unspecified atom stereocenters. The van der Waals surface area contributed by atoms with E-state index in [2.05, 4.69) is 28.2 Å². The van der Waals surface area contributed by atoms with Crippen molar-refractivity contribution in [2.24, 2.45) is 0 Å². The number of nitrogens with one attached hydrogen (secondary N) is 1. The van der Waals surface area contributed by atoms with E-state index in [0.29, 0.717) is 0 Å². The molecule has 0 amide bonds. The van der Waals surface area contributed by atoms with Gasteiger partial charge in [0.15, 0.2) is 5.16 Å². The molecule has 0 bridgehead atoms. The van der Waals surface area contributed by atoms with Crippen LogP contribution < -0.4 is 0 Å². The highest BCUT2D eigenvalue weighted by Gasteiger charge is 2.02. The number of nitrogens with zero attached hydrogens (tertiary/aromatic N) is 1. The summed E-state index contributed by atoms with van der Waals surface area (Å²) in [6.45, 7) is 0. The summed E-state index contributed by atoms with van der Waals surface area (Å²) in [6, 6.07) is 16.1. The normalized spacial score (nSPS) is 11.1. The number of thioether (sulfide) groups is 2. The summed E-state index contributed by atoms with van der Waals surface area (Å²) in [5.74, 6) is 2.18. The molecule has 0 spiro atoms. The number of fused-ring (bicyclic) bond motifs is 1. The topological polar surface area (TPSA) is 28.7 Å². The summed E-state index contributed by atoms with van der Waals surface area (Å²) in [5.41, 5.74) is 2.14. The van der Waals surface area contributed by atoms with Crippen LogP contribution in [0.25, 0.3) is 11.0 Å². The lowest BCUT2D eigenvalue weighted by molar-refractivity contribution is 1.06. The molecule has 3 rings (SSSR count). The van der Waals surface area contributed by atoms with Crippen LogP contribution in [-0.2, 0) is 0 Å². The van der Waals surface area contributed by atoms with E-state index in [9.17, 15) is 0 Å². The fraction of sp³-hybridized carbons (Fsp3) is 0.188. The smallest absolute Gasteiger partial charge is 0.166 e. The molecule has 108 valence electrons. The van der Waals surface area contributed by atoms with Gasteiger partial charge in [-0.25, -0.2) is 4.98 Å². The van der Waals surface area contributed by atoms with Crippen LogP contribution in [0.1, 0.15) is 6.42 Å². The van der Waals surface area contributed by atoms with Gasteiger partial charge in [-0.2, -0.15) is 0 Å². The van der Waals surface area contributed by atoms with Crippen LogP contribution in [0.2, 0.25) is 5.02 Å². The van der Waals surface area contributed by atoms with Crippen LogP contribution in [0.3, 0.4) is 0 Å². The van der Waals surface area contributed by atoms with Gasteiger partial charge in [-0.15, -0.1) is 11.8 Å². The van der Waals surface area contributed by atoms with Crippen molar-refractivity contribution < 1.29 is 0 Å². The second-order valence-electron chi connectivity index (χ2n) is 4.56. The number of benzene rings is 2. The second kappa shape index (κ2) is 7.25. The third-order valence-electron chi connectivity index (χ3n) is 2.98. The quantitative estimate of drug-likeness (QED) is 0.477. The molecule has 21 heavy (non-hydrogen) atoms. The van der Waals surface area contributed by atoms with Crippen molar-refractivity contribution in [1.82, 2.24) is 9.97 Å². The molecular weight excluding hydrogens is 320 g/mol. The monoisotopic (exact) mass is 334 g/mol. The van der Waals surface area contributed by atoms with Crippen molar-refractivity contribution in [3.05, 3.63) is 53.6 Å². The number of halogens is 1. The maximum Gasteiger partial charge on any atom is 0.166 e. The average Bonchev–Trinajstić information content (AvgIpc) is 2.91. The molecule has 1 heterocycles. The molecule has 0 aliphatic carbocycles. The molecule has 0 saturated heterocycles. The van der Waals surface area contributed by atoms with Crippen molar-refractivity contribution in [2.45, 2.75) is 16.5 Å². The van der Waals surface area contributed by atoms with Gasteiger partial charge >= 0.3 is 0 Å². The van der Waals surface area contributed by atoms with Crippen molar-refractivity contribution in [2.75, 3.05) is 11.5 Å². The van der Waals surface area contributed by atoms with Crippen molar-refractivity contribution >= 4 is 46.2 Å². The zero-order valence-corrected chi connectivity index (χ0v) is 13.8. The predicted octanol–water partition coefficient (Wildman–Crippen LogP) is 5.49. The fourth-order valence-electron chi connectivity index (χ4n) is 1.95. The van der Waals surface area contributed by atoms with Crippen molar-refractivity contribution in [3.63, 3.8) is 0 Å². The highest BCUT2D eigenvalue weighted by molar-refractivity contribution is 8.00. The van der Waals surface area contributed by atoms with Crippen LogP contribution >= 0.6 is 35.1 Å². The Labute approximate surface area is 137 Å². The Bertz CT molecular complexity index is 677. The molecule has 0 fully saturated rings. The van der Waals surface area contributed by atoms with E-state index in [1.54, 1.807) is 11.8 Å². The zero-order valence-electron chi connectivity index (χ0n) is 11.4. The number of hydrogen-bond donors (Lipinski definition) is 1. The lowest BCUT2D eigenvalue weighted by Gasteiger charge is -2.01. The van der Waals surface area contributed by atoms with Crippen LogP contribution in [-0.4, -0.2) is 21.5 Å². The standard InChI is InChI=1S/C16H15ClN2S2/c17-12-6-8-13(9-7-12)20-10-3-11-21-16-18-14-4-1-2-5-15(14)19-16/h1-2,4-9H,3,10-11H2,(H,18,19). The molecule has 2 aromatic carbocycles. The van der Waals surface area contributed by atoms with Gasteiger partial charge < -0.3 is 4.98 Å². The second-order valence-corrected chi connectivity index (χ2v) is 7.25. The Hall–Kier alpha value is -1.10. The fourth-order valence-corrected chi connectivity index (χ4v) is 3.94. The molecule has 0 aliphatic heterocycles. The van der Waals surface area contributed by atoms with Gasteiger partial charge in [0.1, 0.15) is 0 Å². The van der Waals surface area contributed by atoms with Crippen molar-refractivity contribution in [1.29, 1.82) is 0 Å². The molecule has 3 aromatic rings. The van der Waals surface area contributed by atoms with Gasteiger partial charge in [-0.3, -0.25) is 0 Å². The highest BCUT2D eigenvalue weighted by Crippen LogP contribution is 2.23. The van der Waals surface area contributed by atoms with E-state index >= 15 is 0 Å². The Kier molecular flexibility index (Phi) is 5.12. The number of aromatic amines is 1. The van der Waals surface area contributed by atoms with Crippen LogP contribution in [0.4, 0.5) is 0 Å². The first-order valence-corrected chi connectivity index (χ1v) is 9.12. The minimum Gasteiger partial charge on any atom is -0.333 e. The Balaban J connectivity index is 1.42. The summed E-state index contributed by atoms with van der Waals surface area (Å²) >= 11 is 9.52. The van der Waals surface area contributed by atoms with E-state index in [-0.39, 0.29) is 0 Å². The summed E-state index contributed by atoms with van der Waals surface area (Å²) in [5, 5.41) is 1.80. The van der Waals surface area contributed by atoms with Crippen LogP contribution in [0, 0.1) is 0 Å². The minimum atomic E-state index is 0.791. The van der Waals surface area contributed by atoms with Crippen LogP contribution in [0.15, 0.2) is 58.6 Å². The number of H-pyrrole nitrogens is 1. The molecular formula is C16H15ClN2S2. The lowest BCUT2D eigenvalue weighted by atomic mass is 10.3. The van der Waals surface area contributed by atoms with E-state index in [1.165, 1.54) is 4.90 Å². The van der Waals surface area contributed by atoms with Crippen LogP contribution in [0.5, 0.6) is 0 Å². The first kappa shape index (κ1) is 14.8. The average molecular weight is 335 g/mol. The molecule has 0 saturated carbocycles. The number of imidazole rings is 1. The number of rotatable bonds is 6. The van der Waals surface area contributed by atoms with E-state index < -0.39 is 0 Å². The molecule has 0 radical (unpaired) electrons. The molecule has 5 heteroatoms. The summed E-state index contributed by atoms with van der Waals surface area (Å²) in [7, 11) is 0. The third-order valence-corrected chi connectivity index (χ3v) is 5.29. The molecule has 0 aliphatic rings. The summed E-state index contributed by atoms with van der Waals surface area (Å²) in [4.78, 5) is 9.18. The first-order valence-electron chi connectivity index (χ1n) is 6.77. The van der Waals surface area contributed by atoms with E-state index in [0.717, 1.165) is 39.1 Å². The Morgan fingerprint density at radius 3 is 2.52 bits per heavy atom.